The van der Waals surface area contributed by atoms with E-state index < -0.39 is 11.9 Å². The molecule has 0 saturated heterocycles. The summed E-state index contributed by atoms with van der Waals surface area (Å²) in [6, 6.07) is 9.70. The standard InChI is InChI=1S/C20H25N4O2.C2H4O2/c1-4-23(5-2)19-8-6-17(7-9-19)14-18(15-21)20(25)26-13-12-24(3)11-10-22-16-24;1-2(3)4/h6-11,14,16H,4-5,12-13H2,1-3H3;1H3,(H,3,4)/q+1;/p-1. The van der Waals surface area contributed by atoms with E-state index in [1.54, 1.807) is 18.6 Å². The van der Waals surface area contributed by atoms with Gasteiger partial charge in [0.05, 0.1) is 13.2 Å². The summed E-state index contributed by atoms with van der Waals surface area (Å²) < 4.78 is 5.72. The molecule has 0 bridgehead atoms. The van der Waals surface area contributed by atoms with Gasteiger partial charge < -0.3 is 19.5 Å². The van der Waals surface area contributed by atoms with Crippen molar-refractivity contribution in [1.82, 2.24) is 0 Å². The van der Waals surface area contributed by atoms with Crippen LogP contribution in [0.15, 0.2) is 47.2 Å². The Balaban J connectivity index is 0.00000103. The first-order valence-corrected chi connectivity index (χ1v) is 9.63. The molecule has 0 aromatic heterocycles. The summed E-state index contributed by atoms with van der Waals surface area (Å²) in [6.45, 7) is 7.83. The molecule has 30 heavy (non-hydrogen) atoms. The number of rotatable bonds is 8. The van der Waals surface area contributed by atoms with E-state index in [0.717, 1.165) is 31.3 Å². The number of hydrogen-bond donors (Lipinski definition) is 0. The molecule has 0 aliphatic carbocycles. The lowest BCUT2D eigenvalue weighted by molar-refractivity contribution is -0.756. The van der Waals surface area contributed by atoms with E-state index in [2.05, 4.69) is 23.7 Å². The third kappa shape index (κ3) is 8.29. The Hall–Kier alpha value is -3.44. The minimum Gasteiger partial charge on any atom is -0.550 e. The number of anilines is 1. The van der Waals surface area contributed by atoms with Gasteiger partial charge in [-0.1, -0.05) is 12.1 Å². The van der Waals surface area contributed by atoms with Gasteiger partial charge in [-0.05, 0) is 44.5 Å². The minimum atomic E-state index is -1.08. The summed E-state index contributed by atoms with van der Waals surface area (Å²) in [5.41, 5.74) is 1.91. The van der Waals surface area contributed by atoms with Crippen LogP contribution in [-0.4, -0.2) is 56.0 Å². The summed E-state index contributed by atoms with van der Waals surface area (Å²) in [4.78, 5) is 27.3. The first kappa shape index (κ1) is 24.6. The maximum Gasteiger partial charge on any atom is 0.349 e. The van der Waals surface area contributed by atoms with Crippen LogP contribution >= 0.6 is 0 Å². The number of carbonyl (C=O) groups excluding carboxylic acids is 2. The SMILES string of the molecule is CC(=O)[O-].CCN(CC)c1ccc(C=C(C#N)C(=O)OCC[N+]2(C)C=CN=C2)cc1. The number of hydrogen-bond acceptors (Lipinski definition) is 7. The van der Waals surface area contributed by atoms with E-state index >= 15 is 0 Å². The van der Waals surface area contributed by atoms with Crippen molar-refractivity contribution in [3.63, 3.8) is 0 Å². The van der Waals surface area contributed by atoms with Crippen molar-refractivity contribution in [3.05, 3.63) is 47.8 Å². The summed E-state index contributed by atoms with van der Waals surface area (Å²) in [5.74, 6) is -1.69. The Morgan fingerprint density at radius 3 is 2.33 bits per heavy atom. The highest BCUT2D eigenvalue weighted by atomic mass is 16.5. The molecule has 160 valence electrons. The van der Waals surface area contributed by atoms with Crippen LogP contribution in [0.3, 0.4) is 0 Å². The smallest absolute Gasteiger partial charge is 0.349 e. The average Bonchev–Trinajstić information content (AvgIpc) is 3.14. The number of benzene rings is 1. The fourth-order valence-corrected chi connectivity index (χ4v) is 2.64. The summed E-state index contributed by atoms with van der Waals surface area (Å²) >= 11 is 0. The molecule has 1 aliphatic heterocycles. The van der Waals surface area contributed by atoms with Crippen LogP contribution in [0.4, 0.5) is 5.69 Å². The van der Waals surface area contributed by atoms with Gasteiger partial charge in [0.2, 0.25) is 0 Å². The fraction of sp³-hybridized carbons (Fsp3) is 0.364. The zero-order valence-corrected chi connectivity index (χ0v) is 17.9. The van der Waals surface area contributed by atoms with Gasteiger partial charge >= 0.3 is 5.97 Å². The van der Waals surface area contributed by atoms with Crippen molar-refractivity contribution in [1.29, 1.82) is 5.26 Å². The van der Waals surface area contributed by atoms with Crippen LogP contribution in [0.2, 0.25) is 0 Å². The van der Waals surface area contributed by atoms with Gasteiger partial charge in [-0.3, -0.25) is 4.48 Å². The van der Waals surface area contributed by atoms with Crippen LogP contribution in [0, 0.1) is 11.3 Å². The number of aliphatic carboxylic acids is 1. The molecule has 0 spiro atoms. The predicted molar refractivity (Wildman–Crippen MR) is 114 cm³/mol. The van der Waals surface area contributed by atoms with E-state index in [-0.39, 0.29) is 12.2 Å². The number of aliphatic imine (C=N–C) groups is 1. The first-order valence-electron chi connectivity index (χ1n) is 9.63. The van der Waals surface area contributed by atoms with Gasteiger partial charge in [-0.25, -0.2) is 9.79 Å². The second kappa shape index (κ2) is 12.2. The molecule has 0 fully saturated rings. The molecule has 2 rings (SSSR count). The van der Waals surface area contributed by atoms with E-state index in [4.69, 9.17) is 14.6 Å². The van der Waals surface area contributed by atoms with Crippen LogP contribution < -0.4 is 10.0 Å². The van der Waals surface area contributed by atoms with Crippen molar-refractivity contribution in [2.75, 3.05) is 38.2 Å². The monoisotopic (exact) mass is 412 g/mol. The van der Waals surface area contributed by atoms with E-state index in [0.29, 0.717) is 11.0 Å². The molecule has 0 amide bonds. The lowest BCUT2D eigenvalue weighted by Crippen LogP contribution is -2.38. The quantitative estimate of drug-likeness (QED) is 0.278. The van der Waals surface area contributed by atoms with Crippen LogP contribution in [0.5, 0.6) is 0 Å². The lowest BCUT2D eigenvalue weighted by atomic mass is 10.1. The molecule has 0 saturated carbocycles. The summed E-state index contributed by atoms with van der Waals surface area (Å²) in [6.07, 6.45) is 6.95. The lowest BCUT2D eigenvalue weighted by Gasteiger charge is -2.21. The maximum atomic E-state index is 12.1. The molecule has 8 nitrogen and oxygen atoms in total. The zero-order chi connectivity index (χ0) is 22.6. The van der Waals surface area contributed by atoms with E-state index in [9.17, 15) is 10.1 Å². The molecule has 0 N–H and O–H groups in total. The van der Waals surface area contributed by atoms with Gasteiger partial charge in [0.15, 0.2) is 6.34 Å². The number of nitriles is 1. The number of quaternary nitrogens is 1. The van der Waals surface area contributed by atoms with Crippen molar-refractivity contribution < 1.29 is 23.9 Å². The zero-order valence-electron chi connectivity index (χ0n) is 17.9. The highest BCUT2D eigenvalue weighted by Crippen LogP contribution is 2.17. The van der Waals surface area contributed by atoms with Gasteiger partial charge in [0, 0.05) is 24.7 Å². The number of esters is 1. The summed E-state index contributed by atoms with van der Waals surface area (Å²) in [5, 5.41) is 18.2. The molecule has 1 heterocycles. The first-order chi connectivity index (χ1) is 14.2. The van der Waals surface area contributed by atoms with Crippen molar-refractivity contribution in [3.8, 4) is 6.07 Å². The van der Waals surface area contributed by atoms with Gasteiger partial charge in [0.1, 0.15) is 31.0 Å². The molecular formula is C22H28N4O4. The number of carboxylic acids is 1. The Morgan fingerprint density at radius 1 is 1.27 bits per heavy atom. The molecule has 1 aliphatic rings. The molecule has 1 aromatic rings. The predicted octanol–water partition coefficient (Wildman–Crippen LogP) is 1.70. The largest absolute Gasteiger partial charge is 0.550 e. The molecule has 1 atom stereocenters. The maximum absolute atomic E-state index is 12.1. The minimum absolute atomic E-state index is 0.00567. The fourth-order valence-electron chi connectivity index (χ4n) is 2.64. The third-order valence-electron chi connectivity index (χ3n) is 4.30. The molecule has 0 radical (unpaired) electrons. The number of ether oxygens (including phenoxy) is 1. The van der Waals surface area contributed by atoms with Crippen LogP contribution in [-0.2, 0) is 14.3 Å². The van der Waals surface area contributed by atoms with Gasteiger partial charge in [-0.2, -0.15) is 5.26 Å². The molecule has 1 unspecified atom stereocenters. The van der Waals surface area contributed by atoms with Crippen LogP contribution in [0.25, 0.3) is 6.08 Å². The highest BCUT2D eigenvalue weighted by Gasteiger charge is 2.20. The third-order valence-corrected chi connectivity index (χ3v) is 4.30. The number of carbonyl (C=O) groups is 2. The normalized spacial score (nSPS) is 17.0. The average molecular weight is 412 g/mol. The van der Waals surface area contributed by atoms with Crippen molar-refractivity contribution in [2.24, 2.45) is 4.99 Å². The molecule has 8 heteroatoms. The Labute approximate surface area is 177 Å². The van der Waals surface area contributed by atoms with E-state index in [1.807, 2.05) is 43.6 Å². The highest BCUT2D eigenvalue weighted by molar-refractivity contribution is 5.97. The molecular weight excluding hydrogens is 384 g/mol. The number of carboxylic acid groups (broad SMARTS) is 1. The molecule has 1 aromatic carbocycles. The second-order valence-corrected chi connectivity index (χ2v) is 6.69. The van der Waals surface area contributed by atoms with Crippen molar-refractivity contribution >= 4 is 30.0 Å². The van der Waals surface area contributed by atoms with E-state index in [1.165, 1.54) is 0 Å². The van der Waals surface area contributed by atoms with Crippen molar-refractivity contribution in [2.45, 2.75) is 20.8 Å². The Bertz CT molecular complexity index is 831. The second-order valence-electron chi connectivity index (χ2n) is 6.69. The number of likely N-dealkylation sites (N-methyl/N-ethyl adjacent to an activating group) is 1. The van der Waals surface area contributed by atoms with Gasteiger partial charge in [-0.15, -0.1) is 0 Å². The summed E-state index contributed by atoms with van der Waals surface area (Å²) in [7, 11) is 1.96. The topological polar surface area (TPSA) is 106 Å². The Kier molecular flexibility index (Phi) is 10.00. The Morgan fingerprint density at radius 2 is 1.87 bits per heavy atom. The number of nitrogens with zero attached hydrogens (tertiary/aromatic N) is 4. The van der Waals surface area contributed by atoms with Gasteiger partial charge in [0.25, 0.3) is 0 Å². The van der Waals surface area contributed by atoms with Crippen LogP contribution in [0.1, 0.15) is 26.3 Å².